The summed E-state index contributed by atoms with van der Waals surface area (Å²) < 4.78 is 0. The van der Waals surface area contributed by atoms with E-state index in [1.165, 1.54) is 19.3 Å². The van der Waals surface area contributed by atoms with Crippen LogP contribution in [0.15, 0.2) is 24.3 Å². The molecule has 1 atom stereocenters. The minimum Gasteiger partial charge on any atom is -0.371 e. The van der Waals surface area contributed by atoms with Gasteiger partial charge in [0.15, 0.2) is 0 Å². The van der Waals surface area contributed by atoms with E-state index < -0.39 is 0 Å². The van der Waals surface area contributed by atoms with Gasteiger partial charge in [-0.2, -0.15) is 0 Å². The van der Waals surface area contributed by atoms with Crippen molar-refractivity contribution in [3.8, 4) is 0 Å². The summed E-state index contributed by atoms with van der Waals surface area (Å²) in [6.07, 6.45) is 7.58. The van der Waals surface area contributed by atoms with E-state index >= 15 is 0 Å². The molecular weight excluding hydrogens is 362 g/mol. The quantitative estimate of drug-likeness (QED) is 0.756. The largest absolute Gasteiger partial charge is 0.371 e. The molecule has 3 rings (SSSR count). The molecule has 0 radical (unpaired) electrons. The Labute approximate surface area is 175 Å². The van der Waals surface area contributed by atoms with Crippen molar-refractivity contribution in [2.24, 2.45) is 11.8 Å². The first-order valence-electron chi connectivity index (χ1n) is 11.4. The summed E-state index contributed by atoms with van der Waals surface area (Å²) >= 11 is 0. The lowest BCUT2D eigenvalue weighted by Crippen LogP contribution is -2.47. The van der Waals surface area contributed by atoms with Crippen molar-refractivity contribution in [1.82, 2.24) is 10.6 Å². The molecule has 5 heteroatoms. The lowest BCUT2D eigenvalue weighted by Gasteiger charge is -2.35. The first-order chi connectivity index (χ1) is 14.0. The van der Waals surface area contributed by atoms with E-state index in [-0.39, 0.29) is 29.8 Å². The van der Waals surface area contributed by atoms with E-state index in [4.69, 9.17) is 0 Å². The van der Waals surface area contributed by atoms with Crippen LogP contribution in [0.4, 0.5) is 5.69 Å². The average molecular weight is 400 g/mol. The fourth-order valence-corrected chi connectivity index (χ4v) is 4.34. The van der Waals surface area contributed by atoms with E-state index in [0.29, 0.717) is 5.92 Å². The molecule has 0 spiro atoms. The van der Waals surface area contributed by atoms with Crippen LogP contribution >= 0.6 is 0 Å². The number of hydrogen-bond acceptors (Lipinski definition) is 3. The van der Waals surface area contributed by atoms with Crippen molar-refractivity contribution in [3.05, 3.63) is 29.8 Å². The Hall–Kier alpha value is -2.04. The summed E-state index contributed by atoms with van der Waals surface area (Å²) in [7, 11) is 0. The normalized spacial score (nSPS) is 19.8. The second-order valence-corrected chi connectivity index (χ2v) is 9.13. The minimum atomic E-state index is -0.00507. The van der Waals surface area contributed by atoms with Gasteiger partial charge in [0.2, 0.25) is 5.91 Å². The molecule has 0 unspecified atom stereocenters. The first kappa shape index (κ1) is 21.7. The van der Waals surface area contributed by atoms with Crippen molar-refractivity contribution in [2.45, 2.75) is 77.8 Å². The molecule has 5 nitrogen and oxygen atoms in total. The molecular formula is C24H37N3O2. The van der Waals surface area contributed by atoms with Gasteiger partial charge in [0.1, 0.15) is 0 Å². The highest BCUT2D eigenvalue weighted by Gasteiger charge is 2.27. The third-order valence-electron chi connectivity index (χ3n) is 6.67. The van der Waals surface area contributed by atoms with Crippen molar-refractivity contribution < 1.29 is 9.59 Å². The number of anilines is 1. The highest BCUT2D eigenvalue weighted by Crippen LogP contribution is 2.26. The standard InChI is InChI=1S/C24H37N3O2/c1-17(2)18(3)25-24(29)21-11-7-8-12-22(21)27-15-13-20(14-16-27)26-23(28)19-9-5-4-6-10-19/h7-8,11-12,17-20H,4-6,9-10,13-16H2,1-3H3,(H,25,29)(H,26,28)/t18-/m0/s1. The number of rotatable bonds is 6. The van der Waals surface area contributed by atoms with Crippen LogP contribution in [0.25, 0.3) is 0 Å². The van der Waals surface area contributed by atoms with E-state index in [2.05, 4.69) is 29.4 Å². The molecule has 0 aromatic heterocycles. The number of carbonyl (C=O) groups is 2. The van der Waals surface area contributed by atoms with Crippen molar-refractivity contribution in [2.75, 3.05) is 18.0 Å². The number of benzene rings is 1. The average Bonchev–Trinajstić information content (AvgIpc) is 2.74. The van der Waals surface area contributed by atoms with E-state index in [9.17, 15) is 9.59 Å². The molecule has 1 aliphatic carbocycles. The topological polar surface area (TPSA) is 61.4 Å². The second kappa shape index (κ2) is 10.1. The highest BCUT2D eigenvalue weighted by molar-refractivity contribution is 6.00. The van der Waals surface area contributed by atoms with Crippen LogP contribution < -0.4 is 15.5 Å². The fourth-order valence-electron chi connectivity index (χ4n) is 4.34. The summed E-state index contributed by atoms with van der Waals surface area (Å²) in [6, 6.07) is 8.26. The van der Waals surface area contributed by atoms with Crippen LogP contribution in [0.5, 0.6) is 0 Å². The van der Waals surface area contributed by atoms with E-state index in [1.807, 2.05) is 31.2 Å². The third-order valence-corrected chi connectivity index (χ3v) is 6.67. The van der Waals surface area contributed by atoms with Gasteiger partial charge in [0, 0.05) is 36.8 Å². The maximum atomic E-state index is 12.8. The lowest BCUT2D eigenvalue weighted by molar-refractivity contribution is -0.126. The maximum Gasteiger partial charge on any atom is 0.253 e. The number of hydrogen-bond donors (Lipinski definition) is 2. The molecule has 2 N–H and O–H groups in total. The smallest absolute Gasteiger partial charge is 0.253 e. The number of para-hydroxylation sites is 1. The summed E-state index contributed by atoms with van der Waals surface area (Å²) in [6.45, 7) is 8.00. The van der Waals surface area contributed by atoms with Gasteiger partial charge in [0.25, 0.3) is 5.91 Å². The van der Waals surface area contributed by atoms with Crippen LogP contribution in [-0.4, -0.2) is 37.0 Å². The first-order valence-corrected chi connectivity index (χ1v) is 11.4. The van der Waals surface area contributed by atoms with Crippen LogP contribution in [0.2, 0.25) is 0 Å². The zero-order valence-electron chi connectivity index (χ0n) is 18.2. The molecule has 1 saturated carbocycles. The molecule has 2 amide bonds. The molecule has 1 saturated heterocycles. The molecule has 0 bridgehead atoms. The molecule has 2 aliphatic rings. The molecule has 1 heterocycles. The Morgan fingerprint density at radius 3 is 2.28 bits per heavy atom. The van der Waals surface area contributed by atoms with Crippen LogP contribution in [0, 0.1) is 11.8 Å². The predicted octanol–water partition coefficient (Wildman–Crippen LogP) is 4.13. The number of amides is 2. The van der Waals surface area contributed by atoms with Crippen LogP contribution in [0.1, 0.15) is 76.1 Å². The van der Waals surface area contributed by atoms with Gasteiger partial charge in [-0.3, -0.25) is 9.59 Å². The highest BCUT2D eigenvalue weighted by atomic mass is 16.2. The van der Waals surface area contributed by atoms with Gasteiger partial charge in [-0.05, 0) is 50.7 Å². The van der Waals surface area contributed by atoms with Crippen molar-refractivity contribution in [1.29, 1.82) is 0 Å². The van der Waals surface area contributed by atoms with Gasteiger partial charge in [-0.15, -0.1) is 0 Å². The SMILES string of the molecule is CC(C)[C@H](C)NC(=O)c1ccccc1N1CCC(NC(=O)C2CCCCC2)CC1. The van der Waals surface area contributed by atoms with Gasteiger partial charge in [-0.1, -0.05) is 45.2 Å². The van der Waals surface area contributed by atoms with Crippen LogP contribution in [-0.2, 0) is 4.79 Å². The predicted molar refractivity (Wildman–Crippen MR) is 118 cm³/mol. The van der Waals surface area contributed by atoms with Crippen molar-refractivity contribution in [3.63, 3.8) is 0 Å². The molecule has 160 valence electrons. The van der Waals surface area contributed by atoms with Crippen molar-refractivity contribution >= 4 is 17.5 Å². The summed E-state index contributed by atoms with van der Waals surface area (Å²) in [5, 5.41) is 6.42. The Morgan fingerprint density at radius 2 is 1.62 bits per heavy atom. The molecule has 1 aromatic rings. The second-order valence-electron chi connectivity index (χ2n) is 9.13. The third kappa shape index (κ3) is 5.74. The zero-order chi connectivity index (χ0) is 20.8. The van der Waals surface area contributed by atoms with E-state index in [1.54, 1.807) is 0 Å². The Kier molecular flexibility index (Phi) is 7.57. The Morgan fingerprint density at radius 1 is 0.966 bits per heavy atom. The number of nitrogens with zero attached hydrogens (tertiary/aromatic N) is 1. The monoisotopic (exact) mass is 399 g/mol. The number of piperidine rings is 1. The number of carbonyl (C=O) groups excluding carboxylic acids is 2. The van der Waals surface area contributed by atoms with Crippen LogP contribution in [0.3, 0.4) is 0 Å². The Balaban J connectivity index is 1.56. The molecule has 1 aliphatic heterocycles. The summed E-state index contributed by atoms with van der Waals surface area (Å²) in [5.41, 5.74) is 1.74. The Bertz CT molecular complexity index is 689. The summed E-state index contributed by atoms with van der Waals surface area (Å²) in [4.78, 5) is 27.6. The van der Waals surface area contributed by atoms with Gasteiger partial charge in [0.05, 0.1) is 5.56 Å². The molecule has 2 fully saturated rings. The minimum absolute atomic E-state index is 0.00507. The maximum absolute atomic E-state index is 12.8. The van der Waals surface area contributed by atoms with Gasteiger partial charge >= 0.3 is 0 Å². The van der Waals surface area contributed by atoms with Gasteiger partial charge in [-0.25, -0.2) is 0 Å². The van der Waals surface area contributed by atoms with Gasteiger partial charge < -0.3 is 15.5 Å². The number of nitrogens with one attached hydrogen (secondary N) is 2. The van der Waals surface area contributed by atoms with E-state index in [0.717, 1.165) is 50.0 Å². The zero-order valence-corrected chi connectivity index (χ0v) is 18.2. The summed E-state index contributed by atoms with van der Waals surface area (Å²) in [5.74, 6) is 0.865. The molecule has 29 heavy (non-hydrogen) atoms. The lowest BCUT2D eigenvalue weighted by atomic mass is 9.88. The fraction of sp³-hybridized carbons (Fsp3) is 0.667. The molecule has 1 aromatic carbocycles.